The number of hydrogen-bond donors (Lipinski definition) is 0. The van der Waals surface area contributed by atoms with Crippen molar-refractivity contribution < 1.29 is 14.4 Å². The number of unbranched alkanes of at least 4 members (excludes halogenated alkanes) is 1. The molecule has 2 aromatic heterocycles. The van der Waals surface area contributed by atoms with E-state index in [4.69, 9.17) is 0 Å². The van der Waals surface area contributed by atoms with Crippen LogP contribution in [0.5, 0.6) is 0 Å². The van der Waals surface area contributed by atoms with Crippen molar-refractivity contribution in [1.29, 1.82) is 0 Å². The maximum Gasteiger partial charge on any atom is 0.333 e. The third-order valence-electron chi connectivity index (χ3n) is 7.41. The number of azo groups is 1. The van der Waals surface area contributed by atoms with Crippen LogP contribution in [0.1, 0.15) is 42.2 Å². The van der Waals surface area contributed by atoms with Crippen LogP contribution < -0.4 is 4.90 Å². The molecule has 6 rings (SSSR count). The third-order valence-corrected chi connectivity index (χ3v) is 9.40. The van der Waals surface area contributed by atoms with Gasteiger partial charge >= 0.3 is 6.03 Å². The van der Waals surface area contributed by atoms with Crippen molar-refractivity contribution in [3.05, 3.63) is 76.2 Å². The van der Waals surface area contributed by atoms with Crippen LogP contribution in [0.15, 0.2) is 70.4 Å². The van der Waals surface area contributed by atoms with Crippen molar-refractivity contribution in [3.63, 3.8) is 0 Å². The van der Waals surface area contributed by atoms with Gasteiger partial charge in [-0.2, -0.15) is 0 Å². The van der Waals surface area contributed by atoms with Gasteiger partial charge in [0, 0.05) is 30.7 Å². The first-order chi connectivity index (χ1) is 20.4. The molecule has 1 fully saturated rings. The second kappa shape index (κ2) is 11.9. The summed E-state index contributed by atoms with van der Waals surface area (Å²) in [5, 5.41) is 9.39. The minimum Gasteiger partial charge on any atom is -0.371 e. The number of aryl methyl sites for hydroxylation is 1. The minimum atomic E-state index is -0.636. The fraction of sp³-hybridized carbons (Fsp3) is 0.290. The normalized spacial score (nSPS) is 16.9. The molecule has 0 spiro atoms. The number of thiazole rings is 1. The van der Waals surface area contributed by atoms with Crippen LogP contribution in [0.25, 0.3) is 15.6 Å². The Morgan fingerprint density at radius 2 is 1.83 bits per heavy atom. The van der Waals surface area contributed by atoms with E-state index in [1.807, 2.05) is 42.5 Å². The quantitative estimate of drug-likeness (QED) is 0.120. The summed E-state index contributed by atoms with van der Waals surface area (Å²) >= 11 is 2.76. The van der Waals surface area contributed by atoms with Crippen molar-refractivity contribution >= 4 is 72.6 Å². The van der Waals surface area contributed by atoms with Crippen LogP contribution >= 0.6 is 22.7 Å². The Morgan fingerprint density at radius 3 is 2.62 bits per heavy atom. The van der Waals surface area contributed by atoms with Crippen molar-refractivity contribution in [2.24, 2.45) is 10.2 Å². The number of aromatic nitrogens is 1. The Kier molecular flexibility index (Phi) is 7.94. The molecule has 9 nitrogen and oxygen atoms in total. The summed E-state index contributed by atoms with van der Waals surface area (Å²) in [5.74, 6) is -1.23. The van der Waals surface area contributed by atoms with Gasteiger partial charge in [0.2, 0.25) is 5.13 Å². The molecule has 0 bridgehead atoms. The van der Waals surface area contributed by atoms with Gasteiger partial charge < -0.3 is 4.90 Å². The summed E-state index contributed by atoms with van der Waals surface area (Å²) in [7, 11) is 1.39. The zero-order chi connectivity index (χ0) is 29.2. The van der Waals surface area contributed by atoms with Gasteiger partial charge in [0.05, 0.1) is 16.9 Å². The van der Waals surface area contributed by atoms with Crippen molar-refractivity contribution in [1.82, 2.24) is 14.8 Å². The van der Waals surface area contributed by atoms with Crippen LogP contribution in [-0.4, -0.2) is 52.8 Å². The number of urea groups is 1. The van der Waals surface area contributed by atoms with E-state index >= 15 is 0 Å². The number of carbonyl (C=O) groups is 3. The number of nitrogens with zero attached hydrogens (tertiary/aromatic N) is 6. The van der Waals surface area contributed by atoms with E-state index in [9.17, 15) is 14.4 Å². The predicted octanol–water partition coefficient (Wildman–Crippen LogP) is 7.33. The third kappa shape index (κ3) is 5.62. The lowest BCUT2D eigenvalue weighted by Crippen LogP contribution is -2.54. The molecule has 214 valence electrons. The molecule has 0 N–H and O–H groups in total. The summed E-state index contributed by atoms with van der Waals surface area (Å²) in [6.45, 7) is 4.49. The average Bonchev–Trinajstić information content (AvgIpc) is 3.57. The van der Waals surface area contributed by atoms with Crippen LogP contribution in [0.4, 0.5) is 21.3 Å². The summed E-state index contributed by atoms with van der Waals surface area (Å²) in [4.78, 5) is 49.4. The Morgan fingerprint density at radius 1 is 1.00 bits per heavy atom. The van der Waals surface area contributed by atoms with Gasteiger partial charge in [-0.3, -0.25) is 19.4 Å². The molecule has 4 amide bonds. The summed E-state index contributed by atoms with van der Waals surface area (Å²) in [6, 6.07) is 16.7. The molecule has 42 heavy (non-hydrogen) atoms. The molecular formula is C31H30N6O3S2. The summed E-state index contributed by atoms with van der Waals surface area (Å²) in [5.41, 5.74) is 4.17. The Balaban J connectivity index is 1.19. The fourth-order valence-electron chi connectivity index (χ4n) is 5.20. The highest BCUT2D eigenvalue weighted by molar-refractivity contribution is 7.29. The van der Waals surface area contributed by atoms with Gasteiger partial charge in [-0.25, -0.2) is 9.78 Å². The smallest absolute Gasteiger partial charge is 0.333 e. The monoisotopic (exact) mass is 598 g/mol. The SMILES string of the molecule is CCCCN1CCCc2cc(N=Nc3nc4sc(/C=C5\C(=O)N(C)C(=O)N(Cc6ccccc6)C5=O)cc4s3)ccc21. The van der Waals surface area contributed by atoms with Gasteiger partial charge in [-0.1, -0.05) is 55.0 Å². The first kappa shape index (κ1) is 27.9. The number of benzene rings is 2. The number of barbiturate groups is 1. The van der Waals surface area contributed by atoms with Crippen LogP contribution in [-0.2, 0) is 22.6 Å². The molecule has 1 saturated heterocycles. The highest BCUT2D eigenvalue weighted by Gasteiger charge is 2.40. The topological polar surface area (TPSA) is 98.5 Å². The molecule has 2 aliphatic heterocycles. The lowest BCUT2D eigenvalue weighted by atomic mass is 10.0. The molecule has 0 aliphatic carbocycles. The second-order valence-corrected chi connectivity index (χ2v) is 12.4. The number of anilines is 1. The molecule has 0 saturated carbocycles. The molecule has 2 aromatic carbocycles. The van der Waals surface area contributed by atoms with E-state index in [0.717, 1.165) is 56.5 Å². The number of imide groups is 2. The van der Waals surface area contributed by atoms with Crippen LogP contribution in [0.3, 0.4) is 0 Å². The zero-order valence-corrected chi connectivity index (χ0v) is 25.1. The number of amides is 4. The van der Waals surface area contributed by atoms with E-state index in [1.165, 1.54) is 53.8 Å². The minimum absolute atomic E-state index is 0.0532. The molecular weight excluding hydrogens is 569 g/mol. The molecule has 11 heteroatoms. The van der Waals surface area contributed by atoms with Crippen molar-refractivity contribution in [2.45, 2.75) is 39.2 Å². The van der Waals surface area contributed by atoms with E-state index in [2.05, 4.69) is 39.2 Å². The first-order valence-corrected chi connectivity index (χ1v) is 15.6. The van der Waals surface area contributed by atoms with E-state index in [0.29, 0.717) is 10.0 Å². The van der Waals surface area contributed by atoms with Gasteiger partial charge in [0.25, 0.3) is 11.8 Å². The number of hydrogen-bond acceptors (Lipinski definition) is 9. The van der Waals surface area contributed by atoms with Crippen LogP contribution in [0, 0.1) is 0 Å². The largest absolute Gasteiger partial charge is 0.371 e. The molecule has 4 aromatic rings. The Hall–Kier alpha value is -4.22. The fourth-order valence-corrected chi connectivity index (χ4v) is 7.19. The number of rotatable bonds is 8. The second-order valence-electron chi connectivity index (χ2n) is 10.4. The number of carbonyl (C=O) groups excluding carboxylic acids is 3. The zero-order valence-electron chi connectivity index (χ0n) is 23.4. The molecule has 0 unspecified atom stereocenters. The molecule has 4 heterocycles. The van der Waals surface area contributed by atoms with Gasteiger partial charge in [0.15, 0.2) is 0 Å². The predicted molar refractivity (Wildman–Crippen MR) is 167 cm³/mol. The van der Waals surface area contributed by atoms with Crippen LogP contribution in [0.2, 0.25) is 0 Å². The van der Waals surface area contributed by atoms with E-state index < -0.39 is 17.8 Å². The average molecular weight is 599 g/mol. The van der Waals surface area contributed by atoms with Crippen molar-refractivity contribution in [2.75, 3.05) is 25.0 Å². The van der Waals surface area contributed by atoms with Gasteiger partial charge in [-0.15, -0.1) is 21.6 Å². The summed E-state index contributed by atoms with van der Waals surface area (Å²) < 4.78 is 0.888. The first-order valence-electron chi connectivity index (χ1n) is 14.0. The number of thiophene rings is 1. The van der Waals surface area contributed by atoms with Gasteiger partial charge in [-0.05, 0) is 60.7 Å². The molecule has 0 radical (unpaired) electrons. The highest BCUT2D eigenvalue weighted by Crippen LogP contribution is 2.37. The molecule has 2 aliphatic rings. The van der Waals surface area contributed by atoms with E-state index in [-0.39, 0.29) is 12.1 Å². The number of likely N-dealkylation sites (N-methyl/N-ethyl adjacent to an activating group) is 1. The molecule has 0 atom stereocenters. The lowest BCUT2D eigenvalue weighted by Gasteiger charge is -2.31. The highest BCUT2D eigenvalue weighted by atomic mass is 32.1. The standard InChI is InChI=1S/C31H30N6O3S2/c1-3-4-14-36-15-8-11-21-16-22(12-13-25(21)36)33-34-30-32-27-26(42-30)18-23(41-27)17-24-28(38)35(2)31(40)37(29(24)39)19-20-9-6-5-7-10-20/h5-7,9-10,12-13,16-18H,3-4,8,11,14-15,19H2,1-2H3/b24-17+,34-33?. The Bertz CT molecular complexity index is 1690. The van der Waals surface area contributed by atoms with Crippen molar-refractivity contribution in [3.8, 4) is 0 Å². The maximum absolute atomic E-state index is 13.2. The Labute approximate surface area is 251 Å². The van der Waals surface area contributed by atoms with E-state index in [1.54, 1.807) is 6.08 Å². The lowest BCUT2D eigenvalue weighted by molar-refractivity contribution is -0.135. The summed E-state index contributed by atoms with van der Waals surface area (Å²) in [6.07, 6.45) is 6.11. The maximum atomic E-state index is 13.2. The van der Waals surface area contributed by atoms with Gasteiger partial charge in [0.1, 0.15) is 10.4 Å². The number of fused-ring (bicyclic) bond motifs is 2.